The maximum absolute atomic E-state index is 12.8. The van der Waals surface area contributed by atoms with Crippen molar-refractivity contribution in [3.05, 3.63) is 71.7 Å². The normalized spacial score (nSPS) is 11.5. The zero-order valence-electron chi connectivity index (χ0n) is 17.3. The van der Waals surface area contributed by atoms with Crippen molar-refractivity contribution in [1.82, 2.24) is 20.1 Å². The number of hydrogen-bond donors (Lipinski definition) is 2. The number of halogens is 3. The summed E-state index contributed by atoms with van der Waals surface area (Å²) in [5.41, 5.74) is 1.15. The summed E-state index contributed by atoms with van der Waals surface area (Å²) in [6.07, 6.45) is -1.55. The highest BCUT2D eigenvalue weighted by Gasteiger charge is 2.31. The number of anilines is 1. The van der Waals surface area contributed by atoms with Crippen LogP contribution in [-0.2, 0) is 6.18 Å². The second-order valence-electron chi connectivity index (χ2n) is 7.32. The minimum absolute atomic E-state index is 0.0907. The molecule has 0 spiro atoms. The molecule has 1 aromatic carbocycles. The third kappa shape index (κ3) is 5.62. The first kappa shape index (κ1) is 22.3. The minimum Gasteiger partial charge on any atom is -0.385 e. The van der Waals surface area contributed by atoms with E-state index >= 15 is 0 Å². The first-order valence-corrected chi connectivity index (χ1v) is 9.96. The lowest BCUT2D eigenvalue weighted by molar-refractivity contribution is -0.137. The molecule has 164 valence electrons. The van der Waals surface area contributed by atoms with Crippen LogP contribution in [0.3, 0.4) is 0 Å². The Morgan fingerprint density at radius 1 is 1.06 bits per heavy atom. The van der Waals surface area contributed by atoms with Crippen molar-refractivity contribution in [2.45, 2.75) is 32.4 Å². The first-order chi connectivity index (χ1) is 14.8. The van der Waals surface area contributed by atoms with Gasteiger partial charge < -0.3 is 10.6 Å². The number of benzene rings is 1. The minimum atomic E-state index is -4.46. The average Bonchev–Trinajstić information content (AvgIpc) is 3.19. The highest BCUT2D eigenvalue weighted by molar-refractivity contribution is 5.95. The molecule has 0 aliphatic rings. The van der Waals surface area contributed by atoms with Crippen LogP contribution >= 0.6 is 0 Å². The van der Waals surface area contributed by atoms with Gasteiger partial charge in [0.15, 0.2) is 5.82 Å². The quantitative estimate of drug-likeness (QED) is 0.510. The van der Waals surface area contributed by atoms with E-state index in [2.05, 4.69) is 20.7 Å². The molecular weight excluding hydrogens is 407 g/mol. The molecule has 0 fully saturated rings. The molecule has 31 heavy (non-hydrogen) atoms. The highest BCUT2D eigenvalue weighted by Crippen LogP contribution is 2.29. The van der Waals surface area contributed by atoms with Gasteiger partial charge in [0.05, 0.1) is 23.0 Å². The van der Waals surface area contributed by atoms with Crippen LogP contribution in [0.2, 0.25) is 0 Å². The van der Waals surface area contributed by atoms with Crippen LogP contribution in [0.5, 0.6) is 0 Å². The maximum Gasteiger partial charge on any atom is 0.417 e. The third-order valence-corrected chi connectivity index (χ3v) is 4.63. The number of hydrogen-bond acceptors (Lipinski definition) is 4. The molecule has 3 rings (SSSR count). The van der Waals surface area contributed by atoms with Crippen LogP contribution < -0.4 is 10.6 Å². The van der Waals surface area contributed by atoms with Gasteiger partial charge in [-0.05, 0) is 36.6 Å². The summed E-state index contributed by atoms with van der Waals surface area (Å²) in [7, 11) is 0. The fourth-order valence-electron chi connectivity index (χ4n) is 3.12. The van der Waals surface area contributed by atoms with E-state index in [9.17, 15) is 18.0 Å². The molecule has 2 aromatic heterocycles. The van der Waals surface area contributed by atoms with Crippen molar-refractivity contribution in [1.29, 1.82) is 0 Å². The maximum atomic E-state index is 12.8. The van der Waals surface area contributed by atoms with E-state index in [0.29, 0.717) is 24.3 Å². The van der Waals surface area contributed by atoms with Crippen molar-refractivity contribution in [3.8, 4) is 5.82 Å². The topological polar surface area (TPSA) is 71.8 Å². The molecule has 0 aliphatic heterocycles. The number of para-hydroxylation sites is 1. The molecule has 2 heterocycles. The molecule has 3 aromatic rings. The molecule has 0 unspecified atom stereocenters. The number of nitrogens with zero attached hydrogens (tertiary/aromatic N) is 3. The monoisotopic (exact) mass is 431 g/mol. The fourth-order valence-corrected chi connectivity index (χ4v) is 3.12. The lowest BCUT2D eigenvalue weighted by atomic mass is 10.1. The molecule has 0 aliphatic carbocycles. The van der Waals surface area contributed by atoms with Crippen LogP contribution in [0, 0.1) is 0 Å². The molecule has 0 radical (unpaired) electrons. The van der Waals surface area contributed by atoms with Gasteiger partial charge >= 0.3 is 6.18 Å². The van der Waals surface area contributed by atoms with Crippen molar-refractivity contribution >= 4 is 11.6 Å². The third-order valence-electron chi connectivity index (χ3n) is 4.63. The Labute approximate surface area is 178 Å². The fraction of sp³-hybridized carbons (Fsp3) is 0.318. The molecule has 1 amide bonds. The second-order valence-corrected chi connectivity index (χ2v) is 7.32. The lowest BCUT2D eigenvalue weighted by Gasteiger charge is -2.13. The van der Waals surface area contributed by atoms with Gasteiger partial charge in [-0.15, -0.1) is 0 Å². The second kappa shape index (κ2) is 9.63. The summed E-state index contributed by atoms with van der Waals surface area (Å²) in [6.45, 7) is 4.95. The van der Waals surface area contributed by atoms with E-state index in [4.69, 9.17) is 0 Å². The number of alkyl halides is 3. The Morgan fingerprint density at radius 2 is 1.81 bits per heavy atom. The van der Waals surface area contributed by atoms with Gasteiger partial charge in [0.2, 0.25) is 0 Å². The van der Waals surface area contributed by atoms with Crippen LogP contribution in [0.25, 0.3) is 5.82 Å². The molecular formula is C22H24F3N5O. The van der Waals surface area contributed by atoms with E-state index in [1.54, 1.807) is 0 Å². The van der Waals surface area contributed by atoms with Crippen molar-refractivity contribution < 1.29 is 18.0 Å². The summed E-state index contributed by atoms with van der Waals surface area (Å²) in [5.74, 6) is -0.142. The molecule has 6 nitrogen and oxygen atoms in total. The number of amides is 1. The SMILES string of the molecule is CC(C)c1c(C(=O)NCCCNc2ccccc2)cnn1-c1ccc(C(F)(F)F)cn1. The summed E-state index contributed by atoms with van der Waals surface area (Å²) in [6, 6.07) is 12.0. The number of carbonyl (C=O) groups excluding carboxylic acids is 1. The molecule has 0 saturated heterocycles. The van der Waals surface area contributed by atoms with Crippen molar-refractivity contribution in [2.24, 2.45) is 0 Å². The van der Waals surface area contributed by atoms with Gasteiger partial charge in [-0.3, -0.25) is 4.79 Å². The summed E-state index contributed by atoms with van der Waals surface area (Å²) >= 11 is 0. The van der Waals surface area contributed by atoms with Crippen LogP contribution in [-0.4, -0.2) is 33.8 Å². The first-order valence-electron chi connectivity index (χ1n) is 9.96. The van der Waals surface area contributed by atoms with Gasteiger partial charge in [0.1, 0.15) is 0 Å². The van der Waals surface area contributed by atoms with E-state index in [0.717, 1.165) is 24.4 Å². The predicted octanol–water partition coefficient (Wildman–Crippen LogP) is 4.64. The Hall–Kier alpha value is -3.36. The molecule has 0 saturated carbocycles. The molecule has 2 N–H and O–H groups in total. The Kier molecular flexibility index (Phi) is 6.94. The number of rotatable bonds is 8. The van der Waals surface area contributed by atoms with Gasteiger partial charge in [0, 0.05) is 25.0 Å². The number of nitrogens with one attached hydrogen (secondary N) is 2. The standard InChI is InChI=1S/C22H24F3N5O/c1-15(2)20-18(21(31)27-12-6-11-26-17-7-4-3-5-8-17)14-29-30(20)19-10-9-16(13-28-19)22(23,24)25/h3-5,7-10,13-15,26H,6,11-12H2,1-2H3,(H,27,31). The number of aromatic nitrogens is 3. The van der Waals surface area contributed by atoms with Crippen molar-refractivity contribution in [2.75, 3.05) is 18.4 Å². The summed E-state index contributed by atoms with van der Waals surface area (Å²) in [5, 5.41) is 10.3. The van der Waals surface area contributed by atoms with Gasteiger partial charge in [0.25, 0.3) is 5.91 Å². The Balaban J connectivity index is 1.65. The van der Waals surface area contributed by atoms with Crippen LogP contribution in [0.4, 0.5) is 18.9 Å². The van der Waals surface area contributed by atoms with E-state index in [1.807, 2.05) is 44.2 Å². The van der Waals surface area contributed by atoms with Crippen LogP contribution in [0.15, 0.2) is 54.9 Å². The van der Waals surface area contributed by atoms with Gasteiger partial charge in [-0.25, -0.2) is 9.67 Å². The smallest absolute Gasteiger partial charge is 0.385 e. The van der Waals surface area contributed by atoms with Crippen LogP contribution in [0.1, 0.15) is 47.8 Å². The van der Waals surface area contributed by atoms with E-state index in [-0.39, 0.29) is 17.6 Å². The molecule has 0 atom stereocenters. The number of carbonyl (C=O) groups is 1. The van der Waals surface area contributed by atoms with Gasteiger partial charge in [-0.2, -0.15) is 18.3 Å². The van der Waals surface area contributed by atoms with E-state index < -0.39 is 11.7 Å². The zero-order valence-corrected chi connectivity index (χ0v) is 17.3. The average molecular weight is 431 g/mol. The zero-order chi connectivity index (χ0) is 22.4. The lowest BCUT2D eigenvalue weighted by Crippen LogP contribution is -2.27. The molecule has 9 heteroatoms. The van der Waals surface area contributed by atoms with Gasteiger partial charge in [-0.1, -0.05) is 32.0 Å². The predicted molar refractivity (Wildman–Crippen MR) is 112 cm³/mol. The molecule has 0 bridgehead atoms. The largest absolute Gasteiger partial charge is 0.417 e. The van der Waals surface area contributed by atoms with Crippen molar-refractivity contribution in [3.63, 3.8) is 0 Å². The van der Waals surface area contributed by atoms with E-state index in [1.165, 1.54) is 16.9 Å². The summed E-state index contributed by atoms with van der Waals surface area (Å²) in [4.78, 5) is 16.6. The Bertz CT molecular complexity index is 998. The number of pyridine rings is 1. The highest BCUT2D eigenvalue weighted by atomic mass is 19.4. The Morgan fingerprint density at radius 3 is 2.42 bits per heavy atom. The summed E-state index contributed by atoms with van der Waals surface area (Å²) < 4.78 is 39.8.